The lowest BCUT2D eigenvalue weighted by Crippen LogP contribution is -2.45. The Labute approximate surface area is 203 Å². The van der Waals surface area contributed by atoms with Gasteiger partial charge in [-0.05, 0) is 30.3 Å². The molecule has 2 aromatic carbocycles. The second-order valence-electron chi connectivity index (χ2n) is 8.76. The van der Waals surface area contributed by atoms with E-state index in [1.807, 2.05) is 12.1 Å². The van der Waals surface area contributed by atoms with Crippen molar-refractivity contribution in [2.45, 2.75) is 28.4 Å². The van der Waals surface area contributed by atoms with Crippen molar-refractivity contribution in [1.29, 1.82) is 0 Å². The summed E-state index contributed by atoms with van der Waals surface area (Å²) in [6.45, 7) is 3.23. The summed E-state index contributed by atoms with van der Waals surface area (Å²) in [7, 11) is -2.33. The number of aromatic nitrogens is 1. The highest BCUT2D eigenvalue weighted by Gasteiger charge is 2.41. The average Bonchev–Trinajstić information content (AvgIpc) is 3.35. The lowest BCUT2D eigenvalue weighted by atomic mass is 10.0. The number of sulfone groups is 1. The molecule has 0 unspecified atom stereocenters. The van der Waals surface area contributed by atoms with Crippen LogP contribution in [0.5, 0.6) is 17.2 Å². The summed E-state index contributed by atoms with van der Waals surface area (Å²) in [6, 6.07) is 10.0. The number of hydrogen-bond donors (Lipinski definition) is 0. The van der Waals surface area contributed by atoms with Crippen LogP contribution in [0.3, 0.4) is 0 Å². The molecule has 3 aliphatic rings. The number of piperidine rings is 1. The number of anilines is 1. The highest BCUT2D eigenvalue weighted by atomic mass is 32.2. The first-order chi connectivity index (χ1) is 17.0. The van der Waals surface area contributed by atoms with Gasteiger partial charge in [-0.25, -0.2) is 8.42 Å². The molecule has 6 rings (SSSR count). The smallest absolute Gasteiger partial charge is 0.210 e. The van der Waals surface area contributed by atoms with E-state index in [0.717, 1.165) is 0 Å². The van der Waals surface area contributed by atoms with Gasteiger partial charge in [-0.15, -0.1) is 0 Å². The Bertz CT molecular complexity index is 1360. The lowest BCUT2D eigenvalue weighted by molar-refractivity contribution is -0.169. The zero-order valence-electron chi connectivity index (χ0n) is 19.4. The van der Waals surface area contributed by atoms with E-state index in [4.69, 9.17) is 23.7 Å². The maximum absolute atomic E-state index is 13.9. The highest BCUT2D eigenvalue weighted by molar-refractivity contribution is 7.91. The fourth-order valence-electron chi connectivity index (χ4n) is 4.96. The first-order valence-electron chi connectivity index (χ1n) is 11.6. The van der Waals surface area contributed by atoms with E-state index in [1.54, 1.807) is 31.4 Å². The molecule has 0 saturated carbocycles. The minimum absolute atomic E-state index is 0.149. The van der Waals surface area contributed by atoms with Crippen LogP contribution in [0.2, 0.25) is 0 Å². The van der Waals surface area contributed by atoms with Crippen LogP contribution < -0.4 is 19.1 Å². The van der Waals surface area contributed by atoms with Crippen LogP contribution in [-0.4, -0.2) is 65.8 Å². The van der Waals surface area contributed by atoms with E-state index in [2.05, 4.69) is 9.88 Å². The number of fused-ring (bicyclic) bond motifs is 2. The van der Waals surface area contributed by atoms with Crippen LogP contribution in [0.4, 0.5) is 5.69 Å². The minimum Gasteiger partial charge on any atom is -0.497 e. The molecule has 0 amide bonds. The van der Waals surface area contributed by atoms with Gasteiger partial charge in [0.25, 0.3) is 0 Å². The maximum atomic E-state index is 13.9. The Morgan fingerprint density at radius 2 is 1.60 bits per heavy atom. The van der Waals surface area contributed by atoms with Crippen molar-refractivity contribution in [3.63, 3.8) is 0 Å². The van der Waals surface area contributed by atoms with E-state index in [0.29, 0.717) is 86.2 Å². The van der Waals surface area contributed by atoms with Gasteiger partial charge in [0.2, 0.25) is 9.84 Å². The van der Waals surface area contributed by atoms with Gasteiger partial charge in [0.05, 0.1) is 36.4 Å². The molecule has 10 heteroatoms. The largest absolute Gasteiger partial charge is 0.497 e. The third-order valence-corrected chi connectivity index (χ3v) is 8.55. The second kappa shape index (κ2) is 8.54. The molecular formula is C25H26N2O7S. The molecule has 184 valence electrons. The van der Waals surface area contributed by atoms with Gasteiger partial charge in [-0.1, -0.05) is 0 Å². The number of benzene rings is 2. The summed E-state index contributed by atoms with van der Waals surface area (Å²) in [5.41, 5.74) is 1.25. The first kappa shape index (κ1) is 22.4. The van der Waals surface area contributed by atoms with Crippen molar-refractivity contribution in [2.24, 2.45) is 0 Å². The molecule has 0 N–H and O–H groups in total. The van der Waals surface area contributed by atoms with Crippen LogP contribution in [0.15, 0.2) is 52.4 Å². The number of ether oxygens (including phenoxy) is 5. The van der Waals surface area contributed by atoms with E-state index < -0.39 is 15.6 Å². The molecule has 3 aliphatic heterocycles. The van der Waals surface area contributed by atoms with Crippen LogP contribution in [0.25, 0.3) is 10.9 Å². The quantitative estimate of drug-likeness (QED) is 0.537. The van der Waals surface area contributed by atoms with Crippen molar-refractivity contribution < 1.29 is 32.1 Å². The maximum Gasteiger partial charge on any atom is 0.210 e. The zero-order valence-corrected chi connectivity index (χ0v) is 20.2. The predicted octanol–water partition coefficient (Wildman–Crippen LogP) is 3.19. The van der Waals surface area contributed by atoms with E-state index in [1.165, 1.54) is 6.20 Å². The number of nitrogens with zero attached hydrogens (tertiary/aromatic N) is 2. The summed E-state index contributed by atoms with van der Waals surface area (Å²) in [5.74, 6) is 1.20. The molecule has 0 radical (unpaired) electrons. The van der Waals surface area contributed by atoms with Gasteiger partial charge >= 0.3 is 0 Å². The SMILES string of the molecule is COc1ccc(S(=O)(=O)c2cnc3cc4c(cc3c2N2CCC3(CC2)OCCO3)OCCO4)cc1. The molecule has 0 atom stereocenters. The van der Waals surface area contributed by atoms with Crippen LogP contribution >= 0.6 is 0 Å². The summed E-state index contributed by atoms with van der Waals surface area (Å²) < 4.78 is 56.2. The summed E-state index contributed by atoms with van der Waals surface area (Å²) in [5, 5.41) is 0.702. The summed E-state index contributed by atoms with van der Waals surface area (Å²) in [4.78, 5) is 6.94. The Kier molecular flexibility index (Phi) is 5.46. The molecule has 0 bridgehead atoms. The zero-order chi connectivity index (χ0) is 24.0. The van der Waals surface area contributed by atoms with Gasteiger partial charge in [-0.3, -0.25) is 4.98 Å². The number of rotatable bonds is 4. The third kappa shape index (κ3) is 3.85. The van der Waals surface area contributed by atoms with Crippen molar-refractivity contribution >= 4 is 26.4 Å². The fourth-order valence-corrected chi connectivity index (χ4v) is 6.39. The van der Waals surface area contributed by atoms with Crippen molar-refractivity contribution in [1.82, 2.24) is 4.98 Å². The molecule has 2 saturated heterocycles. The number of pyridine rings is 1. The normalized spacial score (nSPS) is 19.3. The molecule has 0 aliphatic carbocycles. The van der Waals surface area contributed by atoms with Gasteiger partial charge < -0.3 is 28.6 Å². The summed E-state index contributed by atoms with van der Waals surface area (Å²) >= 11 is 0. The molecule has 35 heavy (non-hydrogen) atoms. The van der Waals surface area contributed by atoms with Crippen molar-refractivity contribution in [2.75, 3.05) is 51.5 Å². The molecule has 4 heterocycles. The minimum atomic E-state index is -3.88. The Morgan fingerprint density at radius 3 is 2.26 bits per heavy atom. The molecule has 2 fully saturated rings. The third-order valence-electron chi connectivity index (χ3n) is 6.78. The first-order valence-corrected chi connectivity index (χ1v) is 13.1. The van der Waals surface area contributed by atoms with Crippen molar-refractivity contribution in [3.8, 4) is 17.2 Å². The molecule has 1 spiro atoms. The molecule has 3 aromatic rings. The topological polar surface area (TPSA) is 96.4 Å². The van der Waals surface area contributed by atoms with Gasteiger partial charge in [0.15, 0.2) is 17.3 Å². The molecule has 9 nitrogen and oxygen atoms in total. The van der Waals surface area contributed by atoms with Crippen LogP contribution in [0.1, 0.15) is 12.8 Å². The van der Waals surface area contributed by atoms with Crippen LogP contribution in [-0.2, 0) is 19.3 Å². The van der Waals surface area contributed by atoms with Gasteiger partial charge in [0.1, 0.15) is 23.9 Å². The predicted molar refractivity (Wildman–Crippen MR) is 127 cm³/mol. The van der Waals surface area contributed by atoms with E-state index >= 15 is 0 Å². The average molecular weight is 499 g/mol. The van der Waals surface area contributed by atoms with E-state index in [-0.39, 0.29) is 9.79 Å². The summed E-state index contributed by atoms with van der Waals surface area (Å²) in [6.07, 6.45) is 2.73. The monoisotopic (exact) mass is 498 g/mol. The lowest BCUT2D eigenvalue weighted by Gasteiger charge is -2.39. The van der Waals surface area contributed by atoms with Crippen LogP contribution in [0, 0.1) is 0 Å². The van der Waals surface area contributed by atoms with E-state index in [9.17, 15) is 8.42 Å². The van der Waals surface area contributed by atoms with Gasteiger partial charge in [0, 0.05) is 43.6 Å². The second-order valence-corrected chi connectivity index (χ2v) is 10.7. The molecule has 1 aromatic heterocycles. The van der Waals surface area contributed by atoms with Crippen molar-refractivity contribution in [3.05, 3.63) is 42.6 Å². The Balaban J connectivity index is 1.49. The molecular weight excluding hydrogens is 472 g/mol. The highest BCUT2D eigenvalue weighted by Crippen LogP contribution is 2.43. The Hall–Kier alpha value is -3.08. The number of methoxy groups -OCH3 is 1. The Morgan fingerprint density at radius 1 is 0.943 bits per heavy atom. The standard InChI is InChI=1S/C25H26N2O7S/c1-30-17-2-4-18(5-3-17)35(28,29)23-16-26-20-15-22-21(31-10-11-32-22)14-19(20)24(23)27-8-6-25(7-9-27)33-12-13-34-25/h2-5,14-16H,6-13H2,1H3. The fraction of sp³-hybridized carbons (Fsp3) is 0.400. The van der Waals surface area contributed by atoms with Gasteiger partial charge in [-0.2, -0.15) is 0 Å². The number of hydrogen-bond acceptors (Lipinski definition) is 9.